The Morgan fingerprint density at radius 1 is 1.15 bits per heavy atom. The molecule has 0 saturated carbocycles. The van der Waals surface area contributed by atoms with E-state index in [4.69, 9.17) is 14.2 Å². The molecular weight excluding hydrogens is 344 g/mol. The van der Waals surface area contributed by atoms with Crippen molar-refractivity contribution < 1.29 is 24.1 Å². The Kier molecular flexibility index (Phi) is 5.24. The number of carbonyl (C=O) groups is 1. The fourth-order valence-electron chi connectivity index (χ4n) is 2.96. The number of benzene rings is 2. The molecule has 3 rings (SSSR count). The van der Waals surface area contributed by atoms with Crippen LogP contribution in [0, 0.1) is 6.92 Å². The summed E-state index contributed by atoms with van der Waals surface area (Å²) in [5.74, 6) is 0.622. The molecular formula is C22H24O5. The number of esters is 1. The van der Waals surface area contributed by atoms with E-state index < -0.39 is 17.9 Å². The summed E-state index contributed by atoms with van der Waals surface area (Å²) in [6, 6.07) is 13.5. The quantitative estimate of drug-likeness (QED) is 0.830. The van der Waals surface area contributed by atoms with Crippen molar-refractivity contribution >= 4 is 11.5 Å². The predicted octanol–water partition coefficient (Wildman–Crippen LogP) is 3.86. The smallest absolute Gasteiger partial charge is 0.344 e. The van der Waals surface area contributed by atoms with Gasteiger partial charge in [0, 0.05) is 11.1 Å². The Labute approximate surface area is 159 Å². The summed E-state index contributed by atoms with van der Waals surface area (Å²) in [7, 11) is 0. The third kappa shape index (κ3) is 4.49. The van der Waals surface area contributed by atoms with Gasteiger partial charge in [0.25, 0.3) is 0 Å². The molecule has 0 bridgehead atoms. The average Bonchev–Trinajstić information content (AvgIpc) is 2.60. The molecule has 2 aromatic carbocycles. The Bertz CT molecular complexity index is 862. The van der Waals surface area contributed by atoms with Crippen LogP contribution in [0.2, 0.25) is 0 Å². The van der Waals surface area contributed by atoms with Gasteiger partial charge in [0.15, 0.2) is 6.61 Å². The first-order valence-electron chi connectivity index (χ1n) is 8.85. The largest absolute Gasteiger partial charge is 0.481 e. The molecule has 0 amide bonds. The van der Waals surface area contributed by atoms with Crippen LogP contribution in [0.5, 0.6) is 11.5 Å². The van der Waals surface area contributed by atoms with E-state index in [1.165, 1.54) is 0 Å². The highest BCUT2D eigenvalue weighted by atomic mass is 16.6. The average molecular weight is 368 g/mol. The summed E-state index contributed by atoms with van der Waals surface area (Å²) in [4.78, 5) is 11.9. The standard InChI is InChI=1S/C22H24O5/c1-14-18(25-13-20(24)27-22(2,3)4)11-10-16-17(12-19(23)26-21(14)16)15-8-6-5-7-9-15/h5-12,19,23H,13H2,1-4H3. The van der Waals surface area contributed by atoms with Gasteiger partial charge in [0.2, 0.25) is 6.29 Å². The number of hydrogen-bond donors (Lipinski definition) is 1. The zero-order valence-corrected chi connectivity index (χ0v) is 16.0. The molecule has 0 saturated heterocycles. The van der Waals surface area contributed by atoms with E-state index in [0.717, 1.165) is 22.3 Å². The zero-order valence-electron chi connectivity index (χ0n) is 16.0. The maximum absolute atomic E-state index is 11.9. The van der Waals surface area contributed by atoms with Crippen LogP contribution in [0.15, 0.2) is 48.5 Å². The van der Waals surface area contributed by atoms with E-state index in [1.54, 1.807) is 12.1 Å². The van der Waals surface area contributed by atoms with Crippen LogP contribution in [0.25, 0.3) is 5.57 Å². The molecule has 27 heavy (non-hydrogen) atoms. The summed E-state index contributed by atoms with van der Waals surface area (Å²) in [5.41, 5.74) is 2.91. The lowest BCUT2D eigenvalue weighted by Gasteiger charge is -2.25. The van der Waals surface area contributed by atoms with Crippen molar-refractivity contribution in [2.75, 3.05) is 6.61 Å². The van der Waals surface area contributed by atoms with E-state index in [9.17, 15) is 9.90 Å². The lowest BCUT2D eigenvalue weighted by Crippen LogP contribution is -2.27. The third-order valence-corrected chi connectivity index (χ3v) is 4.04. The number of fused-ring (bicyclic) bond motifs is 1. The minimum atomic E-state index is -1.05. The molecule has 1 aliphatic rings. The lowest BCUT2D eigenvalue weighted by atomic mass is 9.93. The number of rotatable bonds is 4. The summed E-state index contributed by atoms with van der Waals surface area (Å²) in [5, 5.41) is 10.1. The minimum absolute atomic E-state index is 0.194. The van der Waals surface area contributed by atoms with Crippen LogP contribution in [-0.4, -0.2) is 29.6 Å². The second kappa shape index (κ2) is 7.45. The first-order chi connectivity index (χ1) is 12.7. The van der Waals surface area contributed by atoms with Gasteiger partial charge in [0.05, 0.1) is 0 Å². The molecule has 0 radical (unpaired) electrons. The predicted molar refractivity (Wildman–Crippen MR) is 103 cm³/mol. The highest BCUT2D eigenvalue weighted by molar-refractivity contribution is 5.85. The Balaban J connectivity index is 1.85. The fourth-order valence-corrected chi connectivity index (χ4v) is 2.96. The van der Waals surface area contributed by atoms with Crippen molar-refractivity contribution in [1.82, 2.24) is 0 Å². The monoisotopic (exact) mass is 368 g/mol. The van der Waals surface area contributed by atoms with Crippen LogP contribution in [-0.2, 0) is 9.53 Å². The van der Waals surface area contributed by atoms with Gasteiger partial charge in [-0.25, -0.2) is 4.79 Å². The molecule has 0 aromatic heterocycles. The third-order valence-electron chi connectivity index (χ3n) is 4.04. The minimum Gasteiger partial charge on any atom is -0.481 e. The summed E-state index contributed by atoms with van der Waals surface area (Å²) in [6.45, 7) is 7.07. The zero-order chi connectivity index (χ0) is 19.6. The van der Waals surface area contributed by atoms with Gasteiger partial charge in [0.1, 0.15) is 17.1 Å². The number of aliphatic hydroxyl groups is 1. The molecule has 2 aromatic rings. The fraction of sp³-hybridized carbons (Fsp3) is 0.318. The number of ether oxygens (including phenoxy) is 3. The van der Waals surface area contributed by atoms with Gasteiger partial charge in [-0.1, -0.05) is 30.3 Å². The van der Waals surface area contributed by atoms with Gasteiger partial charge < -0.3 is 19.3 Å². The van der Waals surface area contributed by atoms with E-state index in [0.29, 0.717) is 11.5 Å². The summed E-state index contributed by atoms with van der Waals surface area (Å²) in [6.07, 6.45) is 0.630. The molecule has 0 fully saturated rings. The van der Waals surface area contributed by atoms with Crippen molar-refractivity contribution in [1.29, 1.82) is 0 Å². The molecule has 1 aliphatic heterocycles. The Hall–Kier alpha value is -2.79. The van der Waals surface area contributed by atoms with Gasteiger partial charge in [-0.2, -0.15) is 0 Å². The Morgan fingerprint density at radius 3 is 2.52 bits per heavy atom. The lowest BCUT2D eigenvalue weighted by molar-refractivity contribution is -0.157. The van der Waals surface area contributed by atoms with Gasteiger partial charge >= 0.3 is 5.97 Å². The normalized spacial score (nSPS) is 16.0. The van der Waals surface area contributed by atoms with Crippen LogP contribution in [0.4, 0.5) is 0 Å². The molecule has 0 aliphatic carbocycles. The Morgan fingerprint density at radius 2 is 1.85 bits per heavy atom. The van der Waals surface area contributed by atoms with Crippen LogP contribution < -0.4 is 9.47 Å². The number of aliphatic hydroxyl groups excluding tert-OH is 1. The second-order valence-corrected chi connectivity index (χ2v) is 7.40. The second-order valence-electron chi connectivity index (χ2n) is 7.40. The van der Waals surface area contributed by atoms with Crippen LogP contribution in [0.3, 0.4) is 0 Å². The first-order valence-corrected chi connectivity index (χ1v) is 8.85. The van der Waals surface area contributed by atoms with Crippen LogP contribution in [0.1, 0.15) is 37.5 Å². The molecule has 5 nitrogen and oxygen atoms in total. The molecule has 142 valence electrons. The van der Waals surface area contributed by atoms with E-state index in [2.05, 4.69) is 0 Å². The molecule has 0 spiro atoms. The molecule has 1 atom stereocenters. The van der Waals surface area contributed by atoms with Crippen LogP contribution >= 0.6 is 0 Å². The highest BCUT2D eigenvalue weighted by Gasteiger charge is 2.24. The maximum Gasteiger partial charge on any atom is 0.344 e. The molecule has 1 heterocycles. The SMILES string of the molecule is Cc1c(OCC(=O)OC(C)(C)C)ccc2c1OC(O)C=C2c1ccccc1. The van der Waals surface area contributed by atoms with Crippen molar-refractivity contribution in [3.63, 3.8) is 0 Å². The van der Waals surface area contributed by atoms with Gasteiger partial charge in [-0.05, 0) is 57.0 Å². The van der Waals surface area contributed by atoms with Gasteiger partial charge in [-0.15, -0.1) is 0 Å². The topological polar surface area (TPSA) is 65.0 Å². The van der Waals surface area contributed by atoms with Crippen molar-refractivity contribution in [2.45, 2.75) is 39.6 Å². The van der Waals surface area contributed by atoms with Crippen molar-refractivity contribution in [3.8, 4) is 11.5 Å². The molecule has 1 N–H and O–H groups in total. The molecule has 5 heteroatoms. The number of hydrogen-bond acceptors (Lipinski definition) is 5. The first kappa shape index (κ1) is 19.0. The molecule has 1 unspecified atom stereocenters. The number of carbonyl (C=O) groups excluding carboxylic acids is 1. The van der Waals surface area contributed by atoms with E-state index in [-0.39, 0.29) is 6.61 Å². The van der Waals surface area contributed by atoms with Crippen molar-refractivity contribution in [3.05, 3.63) is 65.2 Å². The summed E-state index contributed by atoms with van der Waals surface area (Å²) >= 11 is 0. The highest BCUT2D eigenvalue weighted by Crippen LogP contribution is 2.41. The van der Waals surface area contributed by atoms with Crippen molar-refractivity contribution in [2.24, 2.45) is 0 Å². The van der Waals surface area contributed by atoms with E-state index >= 15 is 0 Å². The van der Waals surface area contributed by atoms with Gasteiger partial charge in [-0.3, -0.25) is 0 Å². The van der Waals surface area contributed by atoms with E-state index in [1.807, 2.05) is 64.1 Å². The summed E-state index contributed by atoms with van der Waals surface area (Å²) < 4.78 is 16.5. The maximum atomic E-state index is 11.9.